The van der Waals surface area contributed by atoms with Crippen molar-refractivity contribution in [3.05, 3.63) is 23.8 Å². The fourth-order valence-electron chi connectivity index (χ4n) is 2.05. The summed E-state index contributed by atoms with van der Waals surface area (Å²) in [5.74, 6) is -2.57. The number of alkyl halides is 6. The van der Waals surface area contributed by atoms with Crippen LogP contribution in [0.25, 0.3) is 0 Å². The molecule has 1 aliphatic rings. The third-order valence-corrected chi connectivity index (χ3v) is 3.53. The van der Waals surface area contributed by atoms with Crippen LogP contribution in [0.2, 0.25) is 0 Å². The van der Waals surface area contributed by atoms with E-state index in [1.807, 2.05) is 0 Å². The Hall–Kier alpha value is -1.85. The van der Waals surface area contributed by atoms with Gasteiger partial charge in [0.2, 0.25) is 5.82 Å². The summed E-state index contributed by atoms with van der Waals surface area (Å²) in [6.45, 7) is 0. The van der Waals surface area contributed by atoms with Crippen molar-refractivity contribution in [1.82, 2.24) is 9.97 Å². The standard InChI is InChI=1S/C12H9F6N3/c13-11(14,15)9-20-5-8(6-21-9)7(4-19)3-10(1-2-10)12(16,17)18/h5-7H,1-3H2/t7-/m0/s1. The lowest BCUT2D eigenvalue weighted by molar-refractivity contribution is -0.189. The highest BCUT2D eigenvalue weighted by molar-refractivity contribution is 5.22. The molecule has 0 radical (unpaired) electrons. The molecule has 0 N–H and O–H groups in total. The van der Waals surface area contributed by atoms with Crippen LogP contribution in [0, 0.1) is 16.7 Å². The van der Waals surface area contributed by atoms with Gasteiger partial charge < -0.3 is 0 Å². The minimum atomic E-state index is -4.73. The number of halogens is 6. The first-order chi connectivity index (χ1) is 9.59. The van der Waals surface area contributed by atoms with Gasteiger partial charge in [-0.1, -0.05) is 0 Å². The fraction of sp³-hybridized carbons (Fsp3) is 0.583. The van der Waals surface area contributed by atoms with Gasteiger partial charge >= 0.3 is 12.4 Å². The van der Waals surface area contributed by atoms with E-state index in [4.69, 9.17) is 5.26 Å². The number of nitriles is 1. The Labute approximate surface area is 115 Å². The maximum Gasteiger partial charge on any atom is 0.451 e. The molecule has 0 unspecified atom stereocenters. The van der Waals surface area contributed by atoms with Crippen LogP contribution < -0.4 is 0 Å². The molecule has 21 heavy (non-hydrogen) atoms. The predicted octanol–water partition coefficient (Wildman–Crippen LogP) is 3.84. The van der Waals surface area contributed by atoms with Gasteiger partial charge in [-0.05, 0) is 19.3 Å². The smallest absolute Gasteiger partial charge is 0.233 e. The van der Waals surface area contributed by atoms with E-state index >= 15 is 0 Å². The van der Waals surface area contributed by atoms with E-state index in [0.717, 1.165) is 12.4 Å². The van der Waals surface area contributed by atoms with Crippen LogP contribution in [-0.2, 0) is 6.18 Å². The van der Waals surface area contributed by atoms with Gasteiger partial charge in [0.15, 0.2) is 0 Å². The summed E-state index contributed by atoms with van der Waals surface area (Å²) in [5.41, 5.74) is -1.95. The maximum atomic E-state index is 12.8. The van der Waals surface area contributed by atoms with Crippen molar-refractivity contribution >= 4 is 0 Å². The van der Waals surface area contributed by atoms with E-state index in [0.29, 0.717) is 0 Å². The first kappa shape index (κ1) is 15.5. The second-order valence-electron chi connectivity index (χ2n) is 5.00. The molecule has 2 rings (SSSR count). The Balaban J connectivity index is 2.18. The lowest BCUT2D eigenvalue weighted by Gasteiger charge is -2.21. The second kappa shape index (κ2) is 4.86. The van der Waals surface area contributed by atoms with Crippen molar-refractivity contribution < 1.29 is 26.3 Å². The lowest BCUT2D eigenvalue weighted by atomic mass is 9.88. The van der Waals surface area contributed by atoms with Crippen molar-refractivity contribution in [3.8, 4) is 6.07 Å². The number of nitrogens with zero attached hydrogens (tertiary/aromatic N) is 3. The second-order valence-corrected chi connectivity index (χ2v) is 5.00. The van der Waals surface area contributed by atoms with Crippen LogP contribution in [0.5, 0.6) is 0 Å². The highest BCUT2D eigenvalue weighted by atomic mass is 19.4. The van der Waals surface area contributed by atoms with Crippen LogP contribution in [0.4, 0.5) is 26.3 Å². The quantitative estimate of drug-likeness (QED) is 0.797. The third-order valence-electron chi connectivity index (χ3n) is 3.53. The number of hydrogen-bond donors (Lipinski definition) is 0. The minimum Gasteiger partial charge on any atom is -0.233 e. The SMILES string of the molecule is N#C[C@H](CC1(C(F)(F)F)CC1)c1cnc(C(F)(F)F)nc1. The van der Waals surface area contributed by atoms with Gasteiger partial charge in [0.25, 0.3) is 0 Å². The monoisotopic (exact) mass is 309 g/mol. The molecule has 9 heteroatoms. The highest BCUT2D eigenvalue weighted by Crippen LogP contribution is 2.62. The van der Waals surface area contributed by atoms with Gasteiger partial charge in [0.1, 0.15) is 0 Å². The van der Waals surface area contributed by atoms with Crippen molar-refractivity contribution in [2.45, 2.75) is 37.5 Å². The molecule has 3 nitrogen and oxygen atoms in total. The van der Waals surface area contributed by atoms with Crippen molar-refractivity contribution in [2.24, 2.45) is 5.41 Å². The third kappa shape index (κ3) is 3.09. The molecule has 1 aromatic heterocycles. The molecular weight excluding hydrogens is 300 g/mol. The molecule has 1 fully saturated rings. The van der Waals surface area contributed by atoms with Gasteiger partial charge in [0, 0.05) is 18.0 Å². The number of hydrogen-bond acceptors (Lipinski definition) is 3. The zero-order chi connectivity index (χ0) is 15.9. The molecule has 1 heterocycles. The first-order valence-corrected chi connectivity index (χ1v) is 5.94. The first-order valence-electron chi connectivity index (χ1n) is 5.94. The minimum absolute atomic E-state index is 0.0407. The summed E-state index contributed by atoms with van der Waals surface area (Å²) >= 11 is 0. The van der Waals surface area contributed by atoms with E-state index in [9.17, 15) is 26.3 Å². The highest BCUT2D eigenvalue weighted by Gasteiger charge is 2.63. The van der Waals surface area contributed by atoms with E-state index in [2.05, 4.69) is 9.97 Å². The van der Waals surface area contributed by atoms with E-state index < -0.39 is 35.9 Å². The molecule has 0 amide bonds. The molecule has 1 atom stereocenters. The summed E-state index contributed by atoms with van der Waals surface area (Å²) < 4.78 is 75.4. The largest absolute Gasteiger partial charge is 0.451 e. The van der Waals surface area contributed by atoms with Crippen LogP contribution in [0.15, 0.2) is 12.4 Å². The lowest BCUT2D eigenvalue weighted by Crippen LogP contribution is -2.26. The maximum absolute atomic E-state index is 12.8. The predicted molar refractivity (Wildman–Crippen MR) is 57.7 cm³/mol. The molecular formula is C12H9F6N3. The molecule has 0 spiro atoms. The molecule has 0 saturated heterocycles. The molecule has 0 aliphatic heterocycles. The van der Waals surface area contributed by atoms with E-state index in [1.54, 1.807) is 6.07 Å². The Morgan fingerprint density at radius 2 is 1.67 bits per heavy atom. The Bertz CT molecular complexity index is 550. The van der Waals surface area contributed by atoms with Crippen molar-refractivity contribution in [3.63, 3.8) is 0 Å². The number of rotatable bonds is 3. The molecule has 0 aromatic carbocycles. The fourth-order valence-corrected chi connectivity index (χ4v) is 2.05. The number of aromatic nitrogens is 2. The average molecular weight is 309 g/mol. The normalized spacial score (nSPS) is 18.9. The van der Waals surface area contributed by atoms with Crippen molar-refractivity contribution in [2.75, 3.05) is 0 Å². The van der Waals surface area contributed by atoms with E-state index in [1.165, 1.54) is 0 Å². The zero-order valence-electron chi connectivity index (χ0n) is 10.5. The Morgan fingerprint density at radius 3 is 2.00 bits per heavy atom. The van der Waals surface area contributed by atoms with Crippen molar-refractivity contribution in [1.29, 1.82) is 5.26 Å². The summed E-state index contributed by atoms with van der Waals surface area (Å²) in [7, 11) is 0. The summed E-state index contributed by atoms with van der Waals surface area (Å²) in [6.07, 6.45) is -8.26. The van der Waals surface area contributed by atoms with Gasteiger partial charge in [0.05, 0.1) is 17.4 Å². The Morgan fingerprint density at radius 1 is 1.14 bits per heavy atom. The molecule has 114 valence electrons. The average Bonchev–Trinajstić information content (AvgIpc) is 3.15. The molecule has 1 saturated carbocycles. The molecule has 0 bridgehead atoms. The zero-order valence-corrected chi connectivity index (χ0v) is 10.5. The summed E-state index contributed by atoms with van der Waals surface area (Å²) in [4.78, 5) is 6.13. The van der Waals surface area contributed by atoms with Crippen LogP contribution >= 0.6 is 0 Å². The summed E-state index contributed by atoms with van der Waals surface area (Å²) in [5, 5.41) is 8.97. The summed E-state index contributed by atoms with van der Waals surface area (Å²) in [6, 6.07) is 1.68. The van der Waals surface area contributed by atoms with Crippen LogP contribution in [0.3, 0.4) is 0 Å². The molecule has 1 aliphatic carbocycles. The van der Waals surface area contributed by atoms with Gasteiger partial charge in [-0.25, -0.2) is 9.97 Å². The topological polar surface area (TPSA) is 49.6 Å². The Kier molecular flexibility index (Phi) is 3.59. The molecule has 1 aromatic rings. The van der Waals surface area contributed by atoms with Gasteiger partial charge in [-0.15, -0.1) is 0 Å². The van der Waals surface area contributed by atoms with Gasteiger partial charge in [-0.3, -0.25) is 0 Å². The van der Waals surface area contributed by atoms with Gasteiger partial charge in [-0.2, -0.15) is 31.6 Å². The van der Waals surface area contributed by atoms with E-state index in [-0.39, 0.29) is 18.4 Å². The van der Waals surface area contributed by atoms with Crippen LogP contribution in [0.1, 0.15) is 36.6 Å². The van der Waals surface area contributed by atoms with Crippen LogP contribution in [-0.4, -0.2) is 16.1 Å².